The molecule has 49 heavy (non-hydrogen) atoms. The van der Waals surface area contributed by atoms with Gasteiger partial charge in [0.25, 0.3) is 23.6 Å². The highest BCUT2D eigenvalue weighted by Gasteiger charge is 2.61. The number of amides is 4. The van der Waals surface area contributed by atoms with Gasteiger partial charge in [0.1, 0.15) is 5.60 Å². The van der Waals surface area contributed by atoms with Gasteiger partial charge in [0.15, 0.2) is 0 Å². The zero-order valence-corrected chi connectivity index (χ0v) is 28.0. The van der Waals surface area contributed by atoms with Crippen LogP contribution in [0.1, 0.15) is 125 Å². The molecule has 0 aromatic heterocycles. The number of aliphatic hydroxyl groups is 1. The van der Waals surface area contributed by atoms with E-state index in [-0.39, 0.29) is 71.0 Å². The highest BCUT2D eigenvalue weighted by atomic mass is 16.6. The Bertz CT molecular complexity index is 1680. The average Bonchev–Trinajstić information content (AvgIpc) is 3.45. The van der Waals surface area contributed by atoms with Crippen molar-refractivity contribution in [2.24, 2.45) is 35.5 Å². The molecule has 4 unspecified atom stereocenters. The maximum absolute atomic E-state index is 13.0. The lowest BCUT2D eigenvalue weighted by Gasteiger charge is -2.60. The van der Waals surface area contributed by atoms with Crippen molar-refractivity contribution in [2.45, 2.75) is 107 Å². The number of fused-ring (bicyclic) bond motifs is 2. The van der Waals surface area contributed by atoms with Crippen LogP contribution in [0.5, 0.6) is 0 Å². The van der Waals surface area contributed by atoms with Crippen molar-refractivity contribution in [3.63, 3.8) is 0 Å². The van der Waals surface area contributed by atoms with Gasteiger partial charge in [-0.3, -0.25) is 33.8 Å². The van der Waals surface area contributed by atoms with Crippen LogP contribution >= 0.6 is 0 Å². The summed E-state index contributed by atoms with van der Waals surface area (Å²) in [6.45, 7) is 1.99. The van der Waals surface area contributed by atoms with E-state index < -0.39 is 5.60 Å². The second kappa shape index (κ2) is 11.1. The minimum atomic E-state index is -0.536. The van der Waals surface area contributed by atoms with Crippen LogP contribution in [0, 0.1) is 35.5 Å². The molecule has 1 N–H and O–H groups in total. The van der Waals surface area contributed by atoms with Gasteiger partial charge in [-0.2, -0.15) is 0 Å². The van der Waals surface area contributed by atoms with Gasteiger partial charge in [-0.15, -0.1) is 0 Å². The van der Waals surface area contributed by atoms with E-state index in [0.717, 1.165) is 70.6 Å². The molecule has 2 aliphatic heterocycles. The lowest BCUT2D eigenvalue weighted by Crippen LogP contribution is -2.63. The molecule has 2 aromatic rings. The van der Waals surface area contributed by atoms with Crippen LogP contribution in [0.4, 0.5) is 0 Å². The van der Waals surface area contributed by atoms with E-state index in [9.17, 15) is 29.1 Å². The molecule has 256 valence electrons. The van der Waals surface area contributed by atoms with E-state index in [0.29, 0.717) is 40.5 Å². The predicted octanol–water partition coefficient (Wildman–Crippen LogP) is 5.80. The van der Waals surface area contributed by atoms with Gasteiger partial charge in [0.2, 0.25) is 0 Å². The minimum Gasteiger partial charge on any atom is -0.459 e. The fourth-order valence-electron chi connectivity index (χ4n) is 12.3. The minimum absolute atomic E-state index is 0.00998. The van der Waals surface area contributed by atoms with E-state index in [2.05, 4.69) is 0 Å². The van der Waals surface area contributed by atoms with E-state index in [1.807, 2.05) is 31.2 Å². The first-order valence-corrected chi connectivity index (χ1v) is 18.4. The number of nitrogens with zero attached hydrogens (tertiary/aromatic N) is 2. The van der Waals surface area contributed by atoms with Crippen molar-refractivity contribution in [3.8, 4) is 0 Å². The Morgan fingerprint density at radius 1 is 0.653 bits per heavy atom. The van der Waals surface area contributed by atoms with Crippen LogP contribution in [0.25, 0.3) is 0 Å². The van der Waals surface area contributed by atoms with Gasteiger partial charge in [-0.1, -0.05) is 31.2 Å². The molecule has 0 saturated heterocycles. The van der Waals surface area contributed by atoms with Gasteiger partial charge >= 0.3 is 5.97 Å². The molecule has 8 aliphatic carbocycles. The first kappa shape index (κ1) is 31.2. The number of hydrogen-bond acceptors (Lipinski definition) is 7. The average molecular weight is 665 g/mol. The van der Waals surface area contributed by atoms with Gasteiger partial charge in [-0.25, -0.2) is 0 Å². The molecule has 9 heteroatoms. The summed E-state index contributed by atoms with van der Waals surface area (Å²) in [5.41, 5.74) is 1.24. The monoisotopic (exact) mass is 664 g/mol. The Labute approximate surface area is 286 Å². The third kappa shape index (κ3) is 4.78. The van der Waals surface area contributed by atoms with E-state index in [1.165, 1.54) is 4.90 Å². The fourth-order valence-corrected chi connectivity index (χ4v) is 12.3. The first-order chi connectivity index (χ1) is 23.6. The molecule has 0 radical (unpaired) electrons. The molecule has 2 heterocycles. The van der Waals surface area contributed by atoms with Crippen LogP contribution in [0.3, 0.4) is 0 Å². The van der Waals surface area contributed by atoms with Crippen molar-refractivity contribution in [2.75, 3.05) is 0 Å². The molecule has 4 atom stereocenters. The summed E-state index contributed by atoms with van der Waals surface area (Å²) in [6.07, 6.45) is 10.3. The summed E-state index contributed by atoms with van der Waals surface area (Å²) in [6, 6.07) is 14.2. The molecule has 10 aliphatic rings. The number of hydrogen-bond donors (Lipinski definition) is 1. The molecule has 8 fully saturated rings. The normalized spacial score (nSPS) is 38.9. The van der Waals surface area contributed by atoms with Crippen LogP contribution in [-0.2, 0) is 9.53 Å². The molecule has 2 aromatic carbocycles. The zero-order valence-electron chi connectivity index (χ0n) is 28.0. The molecular formula is C40H44N2O7. The third-order valence-electron chi connectivity index (χ3n) is 13.4. The second-order valence-corrected chi connectivity index (χ2v) is 16.6. The second-order valence-electron chi connectivity index (χ2n) is 16.6. The Morgan fingerprint density at radius 2 is 1.04 bits per heavy atom. The van der Waals surface area contributed by atoms with Crippen molar-refractivity contribution < 1.29 is 33.8 Å². The Balaban J connectivity index is 0.000000135. The molecule has 9 nitrogen and oxygen atoms in total. The summed E-state index contributed by atoms with van der Waals surface area (Å²) in [7, 11) is 0. The van der Waals surface area contributed by atoms with E-state index in [4.69, 9.17) is 4.74 Å². The van der Waals surface area contributed by atoms with Gasteiger partial charge in [0, 0.05) is 18.5 Å². The maximum Gasteiger partial charge on any atom is 0.306 e. The topological polar surface area (TPSA) is 121 Å². The van der Waals surface area contributed by atoms with Crippen LogP contribution in [0.15, 0.2) is 48.5 Å². The molecular weight excluding hydrogens is 620 g/mol. The number of rotatable bonds is 5. The van der Waals surface area contributed by atoms with Gasteiger partial charge in [0.05, 0.1) is 27.9 Å². The number of carbonyl (C=O) groups excluding carboxylic acids is 5. The summed E-state index contributed by atoms with van der Waals surface area (Å²) in [5, 5.41) is 10.7. The first-order valence-electron chi connectivity index (χ1n) is 18.4. The summed E-state index contributed by atoms with van der Waals surface area (Å²) in [4.78, 5) is 66.7. The number of carbonyl (C=O) groups is 5. The van der Waals surface area contributed by atoms with Gasteiger partial charge in [-0.05, 0) is 130 Å². The number of benzene rings is 2. The van der Waals surface area contributed by atoms with Crippen LogP contribution in [-0.4, -0.2) is 67.8 Å². The zero-order chi connectivity index (χ0) is 33.8. The number of ether oxygens (including phenoxy) is 1. The van der Waals surface area contributed by atoms with Crippen LogP contribution < -0.4 is 0 Å². The molecule has 8 bridgehead atoms. The van der Waals surface area contributed by atoms with Gasteiger partial charge < -0.3 is 9.84 Å². The Morgan fingerprint density at radius 3 is 1.43 bits per heavy atom. The van der Waals surface area contributed by atoms with Crippen molar-refractivity contribution >= 4 is 29.6 Å². The van der Waals surface area contributed by atoms with Crippen molar-refractivity contribution in [1.82, 2.24) is 9.80 Å². The van der Waals surface area contributed by atoms with E-state index in [1.54, 1.807) is 29.2 Å². The Kier molecular flexibility index (Phi) is 7.04. The number of imide groups is 2. The molecule has 4 amide bonds. The largest absolute Gasteiger partial charge is 0.459 e. The summed E-state index contributed by atoms with van der Waals surface area (Å²) >= 11 is 0. The molecule has 0 spiro atoms. The highest BCUT2D eigenvalue weighted by molar-refractivity contribution is 6.22. The highest BCUT2D eigenvalue weighted by Crippen LogP contribution is 2.60. The maximum atomic E-state index is 13.0. The van der Waals surface area contributed by atoms with Crippen molar-refractivity contribution in [1.29, 1.82) is 0 Å². The lowest BCUT2D eigenvalue weighted by molar-refractivity contribution is -0.194. The summed E-state index contributed by atoms with van der Waals surface area (Å²) < 4.78 is 5.99. The lowest BCUT2D eigenvalue weighted by atomic mass is 9.52. The van der Waals surface area contributed by atoms with Crippen molar-refractivity contribution in [3.05, 3.63) is 70.8 Å². The SMILES string of the molecule is CCCC(=O)OC12CC3CC(C1)C(N1C(=O)c4ccccc4C1=O)C(C3)C2.O=C1c2ccccc2C(=O)N1C1C2CC3CC1CC(O)(C3)C2. The number of esters is 1. The fraction of sp³-hybridized carbons (Fsp3) is 0.575. The quantitative estimate of drug-likeness (QED) is 0.317. The predicted molar refractivity (Wildman–Crippen MR) is 177 cm³/mol. The molecule has 8 saturated carbocycles. The molecule has 12 rings (SSSR count). The summed E-state index contributed by atoms with van der Waals surface area (Å²) in [5.74, 6) is 1.50. The third-order valence-corrected chi connectivity index (χ3v) is 13.4. The Hall–Kier alpha value is -3.85. The van der Waals surface area contributed by atoms with E-state index >= 15 is 0 Å². The smallest absolute Gasteiger partial charge is 0.306 e. The standard InChI is InChI=1S/C22H25NO4.C18H19NO3/c1-2-5-18(24)27-22-10-13-8-14(11-22)19(15(9-13)12-22)23-20(25)16-6-3-4-7-17(16)21(23)26;20-16-13-3-1-2-4-14(13)17(21)19(16)15-11-5-10-6-12(15)9-18(22,7-10)8-11/h3-4,6-7,13-15,19H,2,5,8-12H2,1H3;1-4,10-12,15,22H,5-9H2. The van der Waals surface area contributed by atoms with Crippen LogP contribution in [0.2, 0.25) is 0 Å².